The van der Waals surface area contributed by atoms with E-state index in [0.717, 1.165) is 65.2 Å². The molecule has 1 aliphatic carbocycles. The van der Waals surface area contributed by atoms with Crippen LogP contribution in [0.15, 0.2) is 41.4 Å². The van der Waals surface area contributed by atoms with Crippen LogP contribution in [0.4, 0.5) is 5.69 Å². The standard InChI is InChI=1S/C28H28N4O/c1-18(33)32-14-4-7-27(32)26-17-22-15-19(10-12-23(22)29-26)8-9-20-11-13-24-25(16-20)31-28(30-24)21-5-2-3-6-21/h10-13,15-16,21,27H,2-7,14,17H2,1H3,(H,30,31)/t27-/m0/s1. The molecule has 6 rings (SSSR count). The molecule has 1 saturated heterocycles. The summed E-state index contributed by atoms with van der Waals surface area (Å²) in [5.41, 5.74) is 7.42. The summed E-state index contributed by atoms with van der Waals surface area (Å²) in [4.78, 5) is 27.1. The summed E-state index contributed by atoms with van der Waals surface area (Å²) >= 11 is 0. The Balaban J connectivity index is 1.20. The summed E-state index contributed by atoms with van der Waals surface area (Å²) in [6.45, 7) is 2.50. The van der Waals surface area contributed by atoms with Gasteiger partial charge in [0.05, 0.1) is 22.8 Å². The second-order valence-electron chi connectivity index (χ2n) is 9.58. The second-order valence-corrected chi connectivity index (χ2v) is 9.58. The Bertz CT molecular complexity index is 1330. The van der Waals surface area contributed by atoms with E-state index in [0.29, 0.717) is 5.92 Å². The number of imidazole rings is 1. The summed E-state index contributed by atoms with van der Waals surface area (Å²) in [6.07, 6.45) is 7.97. The Morgan fingerprint density at radius 2 is 1.82 bits per heavy atom. The van der Waals surface area contributed by atoms with Gasteiger partial charge in [0, 0.05) is 42.6 Å². The second kappa shape index (κ2) is 8.19. The number of H-pyrrole nitrogens is 1. The van der Waals surface area contributed by atoms with E-state index in [1.807, 2.05) is 11.0 Å². The van der Waals surface area contributed by atoms with Crippen molar-refractivity contribution in [2.75, 3.05) is 6.54 Å². The fourth-order valence-corrected chi connectivity index (χ4v) is 5.63. The van der Waals surface area contributed by atoms with Crippen LogP contribution in [0.25, 0.3) is 11.0 Å². The van der Waals surface area contributed by atoms with Crippen LogP contribution in [0.1, 0.15) is 73.9 Å². The molecule has 1 N–H and O–H groups in total. The zero-order chi connectivity index (χ0) is 22.4. The fourth-order valence-electron chi connectivity index (χ4n) is 5.63. The molecule has 2 aliphatic heterocycles. The number of aliphatic imine (C=N–C) groups is 1. The summed E-state index contributed by atoms with van der Waals surface area (Å²) in [5, 5.41) is 0. The predicted octanol–water partition coefficient (Wildman–Crippen LogP) is 5.26. The average molecular weight is 437 g/mol. The van der Waals surface area contributed by atoms with Gasteiger partial charge in [-0.3, -0.25) is 9.79 Å². The topological polar surface area (TPSA) is 61.4 Å². The van der Waals surface area contributed by atoms with Gasteiger partial charge in [0.2, 0.25) is 5.91 Å². The number of fused-ring (bicyclic) bond motifs is 2. The maximum atomic E-state index is 12.0. The van der Waals surface area contributed by atoms with E-state index in [2.05, 4.69) is 47.2 Å². The maximum absolute atomic E-state index is 12.0. The zero-order valence-corrected chi connectivity index (χ0v) is 19.0. The third-order valence-electron chi connectivity index (χ3n) is 7.35. The van der Waals surface area contributed by atoms with Crippen LogP contribution in [0, 0.1) is 11.8 Å². The summed E-state index contributed by atoms with van der Waals surface area (Å²) < 4.78 is 0. The first-order chi connectivity index (χ1) is 16.1. The minimum absolute atomic E-state index is 0.146. The number of rotatable bonds is 2. The molecule has 1 atom stereocenters. The van der Waals surface area contributed by atoms with Crippen LogP contribution in [0.2, 0.25) is 0 Å². The minimum Gasteiger partial charge on any atom is -0.342 e. The molecule has 5 nitrogen and oxygen atoms in total. The van der Waals surface area contributed by atoms with Gasteiger partial charge in [-0.1, -0.05) is 24.7 Å². The van der Waals surface area contributed by atoms with E-state index in [-0.39, 0.29) is 11.9 Å². The number of carbonyl (C=O) groups is 1. The van der Waals surface area contributed by atoms with Gasteiger partial charge in [-0.15, -0.1) is 0 Å². The Labute approximate surface area is 194 Å². The lowest BCUT2D eigenvalue weighted by Gasteiger charge is -2.23. The summed E-state index contributed by atoms with van der Waals surface area (Å²) in [6, 6.07) is 12.6. The number of likely N-dealkylation sites (tertiary alicyclic amines) is 1. The first-order valence-electron chi connectivity index (χ1n) is 12.1. The van der Waals surface area contributed by atoms with Crippen LogP contribution in [0.3, 0.4) is 0 Å². The van der Waals surface area contributed by atoms with Gasteiger partial charge >= 0.3 is 0 Å². The molecule has 0 unspecified atom stereocenters. The van der Waals surface area contributed by atoms with E-state index in [1.54, 1.807) is 6.92 Å². The number of aromatic amines is 1. The smallest absolute Gasteiger partial charge is 0.219 e. The van der Waals surface area contributed by atoms with Gasteiger partial charge in [-0.05, 0) is 67.6 Å². The highest BCUT2D eigenvalue weighted by molar-refractivity contribution is 6.00. The molecule has 5 heteroatoms. The number of hydrogen-bond donors (Lipinski definition) is 1. The quantitative estimate of drug-likeness (QED) is 0.557. The predicted molar refractivity (Wildman–Crippen MR) is 131 cm³/mol. The van der Waals surface area contributed by atoms with Crippen molar-refractivity contribution >= 4 is 28.3 Å². The van der Waals surface area contributed by atoms with Crippen LogP contribution in [-0.2, 0) is 11.2 Å². The molecular formula is C28H28N4O. The number of nitrogens with one attached hydrogen (secondary N) is 1. The molecule has 2 aromatic carbocycles. The Kier molecular flexibility index (Phi) is 5.02. The van der Waals surface area contributed by atoms with Crippen LogP contribution >= 0.6 is 0 Å². The van der Waals surface area contributed by atoms with E-state index >= 15 is 0 Å². The lowest BCUT2D eigenvalue weighted by Crippen LogP contribution is -2.39. The molecule has 166 valence electrons. The van der Waals surface area contributed by atoms with Gasteiger partial charge in [0.1, 0.15) is 5.82 Å². The molecule has 0 bridgehead atoms. The van der Waals surface area contributed by atoms with Crippen molar-refractivity contribution in [1.29, 1.82) is 0 Å². The Morgan fingerprint density at radius 1 is 1.03 bits per heavy atom. The first-order valence-corrected chi connectivity index (χ1v) is 12.1. The third-order valence-corrected chi connectivity index (χ3v) is 7.35. The van der Waals surface area contributed by atoms with Gasteiger partial charge in [-0.25, -0.2) is 4.98 Å². The normalized spacial score (nSPS) is 20.1. The lowest BCUT2D eigenvalue weighted by atomic mass is 10.0. The van der Waals surface area contributed by atoms with Crippen molar-refractivity contribution in [3.63, 3.8) is 0 Å². The number of aromatic nitrogens is 2. The van der Waals surface area contributed by atoms with Crippen LogP contribution in [0.5, 0.6) is 0 Å². The SMILES string of the molecule is CC(=O)N1CCC[C@H]1C1=Nc2ccc(C#Cc3ccc4nc(C5CCCC5)[nH]c4c3)cc2C1. The molecular weight excluding hydrogens is 408 g/mol. The highest BCUT2D eigenvalue weighted by Crippen LogP contribution is 2.34. The molecule has 0 radical (unpaired) electrons. The third kappa shape index (κ3) is 3.84. The molecule has 1 amide bonds. The number of nitrogens with zero attached hydrogens (tertiary/aromatic N) is 3. The molecule has 0 spiro atoms. The highest BCUT2D eigenvalue weighted by Gasteiger charge is 2.32. The van der Waals surface area contributed by atoms with Crippen molar-refractivity contribution in [2.45, 2.75) is 63.8 Å². The van der Waals surface area contributed by atoms with Gasteiger partial charge in [-0.2, -0.15) is 0 Å². The molecule has 3 heterocycles. The molecule has 3 aromatic rings. The van der Waals surface area contributed by atoms with Crippen molar-refractivity contribution < 1.29 is 4.79 Å². The molecule has 2 fully saturated rings. The lowest BCUT2D eigenvalue weighted by molar-refractivity contribution is -0.128. The summed E-state index contributed by atoms with van der Waals surface area (Å²) in [5.74, 6) is 8.51. The number of amides is 1. The minimum atomic E-state index is 0.146. The van der Waals surface area contributed by atoms with Crippen molar-refractivity contribution in [2.24, 2.45) is 4.99 Å². The Hall–Kier alpha value is -3.39. The Morgan fingerprint density at radius 3 is 2.64 bits per heavy atom. The number of carbonyl (C=O) groups excluding carboxylic acids is 1. The van der Waals surface area contributed by atoms with Crippen molar-refractivity contribution in [3.8, 4) is 11.8 Å². The molecule has 33 heavy (non-hydrogen) atoms. The monoisotopic (exact) mass is 436 g/mol. The number of hydrogen-bond acceptors (Lipinski definition) is 3. The van der Waals surface area contributed by atoms with E-state index in [4.69, 9.17) is 9.98 Å². The average Bonchev–Trinajstić information content (AvgIpc) is 3.60. The largest absolute Gasteiger partial charge is 0.342 e. The maximum Gasteiger partial charge on any atom is 0.219 e. The molecule has 1 aromatic heterocycles. The van der Waals surface area contributed by atoms with Crippen LogP contribution < -0.4 is 0 Å². The van der Waals surface area contributed by atoms with E-state index < -0.39 is 0 Å². The molecule has 1 saturated carbocycles. The first kappa shape index (κ1) is 20.2. The van der Waals surface area contributed by atoms with Crippen molar-refractivity contribution in [3.05, 3.63) is 58.9 Å². The fraction of sp³-hybridized carbons (Fsp3) is 0.393. The highest BCUT2D eigenvalue weighted by atomic mass is 16.2. The van der Waals surface area contributed by atoms with Gasteiger partial charge < -0.3 is 9.88 Å². The van der Waals surface area contributed by atoms with E-state index in [9.17, 15) is 4.79 Å². The van der Waals surface area contributed by atoms with Crippen molar-refractivity contribution in [1.82, 2.24) is 14.9 Å². The van der Waals surface area contributed by atoms with Crippen LogP contribution in [-0.4, -0.2) is 39.1 Å². The zero-order valence-electron chi connectivity index (χ0n) is 19.0. The molecule has 3 aliphatic rings. The van der Waals surface area contributed by atoms with E-state index in [1.165, 1.54) is 31.2 Å². The van der Waals surface area contributed by atoms with Gasteiger partial charge in [0.15, 0.2) is 0 Å². The summed E-state index contributed by atoms with van der Waals surface area (Å²) in [7, 11) is 0. The number of benzene rings is 2. The van der Waals surface area contributed by atoms with Gasteiger partial charge in [0.25, 0.3) is 0 Å².